The lowest BCUT2D eigenvalue weighted by Crippen LogP contribution is -2.29. The van der Waals surface area contributed by atoms with Crippen molar-refractivity contribution in [3.8, 4) is 5.75 Å². The lowest BCUT2D eigenvalue weighted by molar-refractivity contribution is 0.0953. The molecule has 0 aliphatic carbocycles. The summed E-state index contributed by atoms with van der Waals surface area (Å²) in [5.41, 5.74) is 2.55. The Labute approximate surface area is 82.3 Å². The average Bonchev–Trinajstić information content (AvgIpc) is 2.26. The van der Waals surface area contributed by atoms with Gasteiger partial charge in [-0.15, -0.1) is 0 Å². The second-order valence-corrected chi connectivity index (χ2v) is 2.60. The van der Waals surface area contributed by atoms with Gasteiger partial charge in [0, 0.05) is 5.56 Å². The molecule has 0 heterocycles. The molecule has 0 unspecified atom stereocenters. The summed E-state index contributed by atoms with van der Waals surface area (Å²) >= 11 is 0. The van der Waals surface area contributed by atoms with Gasteiger partial charge in [-0.25, -0.2) is 5.84 Å². The number of amides is 1. The van der Waals surface area contributed by atoms with Crippen LogP contribution in [0.25, 0.3) is 0 Å². The third-order valence-corrected chi connectivity index (χ3v) is 1.62. The number of hydrogen-bond acceptors (Lipinski definition) is 3. The molecule has 1 aromatic carbocycles. The largest absolute Gasteiger partial charge is 0.490 e. The fourth-order valence-corrected chi connectivity index (χ4v) is 0.941. The van der Waals surface area contributed by atoms with Crippen LogP contribution in [0.3, 0.4) is 0 Å². The fraction of sp³-hybridized carbons (Fsp3) is 0.100. The van der Waals surface area contributed by atoms with Crippen molar-refractivity contribution >= 4 is 5.91 Å². The van der Waals surface area contributed by atoms with Crippen molar-refractivity contribution in [3.05, 3.63) is 42.5 Å². The zero-order valence-corrected chi connectivity index (χ0v) is 7.69. The first-order valence-corrected chi connectivity index (χ1v) is 4.12. The van der Waals surface area contributed by atoms with Crippen LogP contribution in [-0.4, -0.2) is 12.5 Å². The first-order chi connectivity index (χ1) is 6.77. The Hall–Kier alpha value is -1.81. The highest BCUT2D eigenvalue weighted by molar-refractivity contribution is 5.93. The summed E-state index contributed by atoms with van der Waals surface area (Å²) in [6, 6.07) is 6.68. The van der Waals surface area contributed by atoms with Crippen LogP contribution in [0.4, 0.5) is 0 Å². The lowest BCUT2D eigenvalue weighted by Gasteiger charge is -2.03. The standard InChI is InChI=1S/C10H12N2O2/c1-2-7-14-9-5-3-8(4-6-9)10(13)12-11/h2-6H,1,7,11H2,(H,12,13). The third-order valence-electron chi connectivity index (χ3n) is 1.62. The monoisotopic (exact) mass is 192 g/mol. The van der Waals surface area contributed by atoms with E-state index in [0.29, 0.717) is 17.9 Å². The van der Waals surface area contributed by atoms with Gasteiger partial charge in [-0.2, -0.15) is 0 Å². The molecule has 0 bridgehead atoms. The van der Waals surface area contributed by atoms with E-state index in [1.165, 1.54) is 0 Å². The number of carbonyl (C=O) groups is 1. The number of hydrogen-bond donors (Lipinski definition) is 2. The third kappa shape index (κ3) is 2.60. The number of nitrogens with one attached hydrogen (secondary N) is 1. The summed E-state index contributed by atoms with van der Waals surface area (Å²) in [7, 11) is 0. The molecule has 3 N–H and O–H groups in total. The summed E-state index contributed by atoms with van der Waals surface area (Å²) in [5, 5.41) is 0. The molecular formula is C10H12N2O2. The van der Waals surface area contributed by atoms with Crippen molar-refractivity contribution in [1.82, 2.24) is 5.43 Å². The number of nitrogen functional groups attached to an aromatic ring is 1. The number of nitrogens with two attached hydrogens (primary N) is 1. The predicted octanol–water partition coefficient (Wildman–Crippen LogP) is 0.855. The van der Waals surface area contributed by atoms with Crippen LogP contribution in [0, 0.1) is 0 Å². The Morgan fingerprint density at radius 3 is 2.64 bits per heavy atom. The molecule has 0 spiro atoms. The van der Waals surface area contributed by atoms with Crippen LogP contribution in [0.2, 0.25) is 0 Å². The van der Waals surface area contributed by atoms with Crippen LogP contribution in [0.15, 0.2) is 36.9 Å². The number of benzene rings is 1. The average molecular weight is 192 g/mol. The highest BCUT2D eigenvalue weighted by atomic mass is 16.5. The maximum atomic E-state index is 11.0. The number of carbonyl (C=O) groups excluding carboxylic acids is 1. The van der Waals surface area contributed by atoms with Gasteiger partial charge < -0.3 is 4.74 Å². The van der Waals surface area contributed by atoms with Gasteiger partial charge in [-0.3, -0.25) is 10.2 Å². The van der Waals surface area contributed by atoms with Crippen LogP contribution < -0.4 is 16.0 Å². The summed E-state index contributed by atoms with van der Waals surface area (Å²) in [6.07, 6.45) is 1.65. The Morgan fingerprint density at radius 1 is 1.50 bits per heavy atom. The maximum Gasteiger partial charge on any atom is 0.265 e. The predicted molar refractivity (Wildman–Crippen MR) is 53.8 cm³/mol. The molecule has 0 aliphatic rings. The SMILES string of the molecule is C=CCOc1ccc(C(=O)NN)cc1. The number of hydrazine groups is 1. The van der Waals surface area contributed by atoms with Crippen molar-refractivity contribution in [2.75, 3.05) is 6.61 Å². The van der Waals surface area contributed by atoms with E-state index in [1.807, 2.05) is 5.43 Å². The Kier molecular flexibility index (Phi) is 3.69. The molecular weight excluding hydrogens is 180 g/mol. The molecule has 1 amide bonds. The normalized spacial score (nSPS) is 9.21. The van der Waals surface area contributed by atoms with E-state index in [1.54, 1.807) is 30.3 Å². The van der Waals surface area contributed by atoms with Crippen LogP contribution in [0.1, 0.15) is 10.4 Å². The van der Waals surface area contributed by atoms with Gasteiger partial charge in [0.15, 0.2) is 0 Å². The molecule has 0 saturated carbocycles. The molecule has 4 nitrogen and oxygen atoms in total. The number of rotatable bonds is 4. The summed E-state index contributed by atoms with van der Waals surface area (Å²) in [5.74, 6) is 5.35. The molecule has 14 heavy (non-hydrogen) atoms. The molecule has 0 aromatic heterocycles. The Bertz CT molecular complexity index is 319. The van der Waals surface area contributed by atoms with Crippen molar-refractivity contribution in [1.29, 1.82) is 0 Å². The summed E-state index contributed by atoms with van der Waals surface area (Å²) in [4.78, 5) is 11.0. The van der Waals surface area contributed by atoms with Gasteiger partial charge in [-0.05, 0) is 24.3 Å². The summed E-state index contributed by atoms with van der Waals surface area (Å²) in [6.45, 7) is 3.98. The van der Waals surface area contributed by atoms with Gasteiger partial charge in [0.2, 0.25) is 0 Å². The van der Waals surface area contributed by atoms with E-state index in [4.69, 9.17) is 10.6 Å². The fourth-order valence-electron chi connectivity index (χ4n) is 0.941. The molecule has 74 valence electrons. The molecule has 0 aliphatic heterocycles. The minimum absolute atomic E-state index is 0.319. The van der Waals surface area contributed by atoms with Crippen molar-refractivity contribution in [2.24, 2.45) is 5.84 Å². The topological polar surface area (TPSA) is 64.3 Å². The van der Waals surface area contributed by atoms with E-state index in [-0.39, 0.29) is 5.91 Å². The van der Waals surface area contributed by atoms with Crippen LogP contribution >= 0.6 is 0 Å². The molecule has 0 radical (unpaired) electrons. The molecule has 1 aromatic rings. The number of ether oxygens (including phenoxy) is 1. The second-order valence-electron chi connectivity index (χ2n) is 2.60. The Morgan fingerprint density at radius 2 is 2.14 bits per heavy atom. The Balaban J connectivity index is 2.68. The van der Waals surface area contributed by atoms with Gasteiger partial charge in [-0.1, -0.05) is 12.7 Å². The quantitative estimate of drug-likeness (QED) is 0.322. The van der Waals surface area contributed by atoms with Crippen molar-refractivity contribution in [2.45, 2.75) is 0 Å². The summed E-state index contributed by atoms with van der Waals surface area (Å²) < 4.78 is 5.24. The molecule has 0 atom stereocenters. The zero-order valence-electron chi connectivity index (χ0n) is 7.69. The van der Waals surface area contributed by atoms with Gasteiger partial charge in [0.1, 0.15) is 12.4 Å². The van der Waals surface area contributed by atoms with E-state index >= 15 is 0 Å². The first kappa shape index (κ1) is 10.3. The smallest absolute Gasteiger partial charge is 0.265 e. The lowest BCUT2D eigenvalue weighted by atomic mass is 10.2. The van der Waals surface area contributed by atoms with E-state index in [9.17, 15) is 4.79 Å². The van der Waals surface area contributed by atoms with Crippen molar-refractivity contribution < 1.29 is 9.53 Å². The zero-order chi connectivity index (χ0) is 10.4. The maximum absolute atomic E-state index is 11.0. The van der Waals surface area contributed by atoms with Gasteiger partial charge in [0.25, 0.3) is 5.91 Å². The van der Waals surface area contributed by atoms with E-state index in [0.717, 1.165) is 0 Å². The van der Waals surface area contributed by atoms with Crippen LogP contribution in [0.5, 0.6) is 5.75 Å². The van der Waals surface area contributed by atoms with Gasteiger partial charge in [0.05, 0.1) is 0 Å². The van der Waals surface area contributed by atoms with E-state index in [2.05, 4.69) is 6.58 Å². The first-order valence-electron chi connectivity index (χ1n) is 4.12. The minimum Gasteiger partial charge on any atom is -0.490 e. The second kappa shape index (κ2) is 5.04. The van der Waals surface area contributed by atoms with Crippen molar-refractivity contribution in [3.63, 3.8) is 0 Å². The molecule has 0 saturated heterocycles. The molecule has 0 fully saturated rings. The highest BCUT2D eigenvalue weighted by Gasteiger charge is 2.02. The molecule has 1 rings (SSSR count). The molecule has 4 heteroatoms. The van der Waals surface area contributed by atoms with Gasteiger partial charge >= 0.3 is 0 Å². The minimum atomic E-state index is -0.319. The van der Waals surface area contributed by atoms with Crippen LogP contribution in [-0.2, 0) is 0 Å². The highest BCUT2D eigenvalue weighted by Crippen LogP contribution is 2.11. The van der Waals surface area contributed by atoms with E-state index < -0.39 is 0 Å².